The number of nitrogens with one attached hydrogen (secondary N) is 1. The number of aromatic nitrogens is 2. The van der Waals surface area contributed by atoms with Crippen molar-refractivity contribution in [1.82, 2.24) is 20.2 Å². The number of rotatable bonds is 3. The molecule has 8 heteroatoms. The molecule has 3 amide bonds. The van der Waals surface area contributed by atoms with Gasteiger partial charge in [-0.15, -0.1) is 0 Å². The van der Waals surface area contributed by atoms with E-state index in [0.29, 0.717) is 21.5 Å². The largest absolute Gasteiger partial charge is 0.275 e. The Hall–Kier alpha value is -3.81. The van der Waals surface area contributed by atoms with Crippen LogP contribution in [0.5, 0.6) is 0 Å². The van der Waals surface area contributed by atoms with E-state index in [0.717, 1.165) is 35.2 Å². The van der Waals surface area contributed by atoms with Gasteiger partial charge in [0.05, 0.1) is 11.1 Å². The first-order valence-corrected chi connectivity index (χ1v) is 9.37. The van der Waals surface area contributed by atoms with Crippen molar-refractivity contribution >= 4 is 28.5 Å². The van der Waals surface area contributed by atoms with Crippen molar-refractivity contribution in [2.75, 3.05) is 0 Å². The van der Waals surface area contributed by atoms with Crippen LogP contribution in [0.4, 0.5) is 0 Å². The molecule has 1 aromatic heterocycles. The molecule has 0 saturated heterocycles. The summed E-state index contributed by atoms with van der Waals surface area (Å²) in [5.74, 6) is -1.98. The Bertz CT molecular complexity index is 1220. The molecule has 8 nitrogen and oxygen atoms in total. The third-order valence-electron chi connectivity index (χ3n) is 4.81. The van der Waals surface area contributed by atoms with Gasteiger partial charge in [0.25, 0.3) is 11.5 Å². The molecule has 1 N–H and O–H groups in total. The number of fused-ring (bicyclic) bond motifs is 1. The number of benzene rings is 2. The molecule has 30 heavy (non-hydrogen) atoms. The summed E-state index contributed by atoms with van der Waals surface area (Å²) in [6.07, 6.45) is 0. The van der Waals surface area contributed by atoms with Crippen LogP contribution >= 0.6 is 0 Å². The third kappa shape index (κ3) is 4.12. The maximum absolute atomic E-state index is 12.9. The van der Waals surface area contributed by atoms with E-state index >= 15 is 0 Å². The smallest absolute Gasteiger partial charge is 0.273 e. The van der Waals surface area contributed by atoms with Crippen LogP contribution in [-0.2, 0) is 20.9 Å². The molecule has 0 saturated carbocycles. The molecule has 154 valence electrons. The Morgan fingerprint density at radius 3 is 2.20 bits per heavy atom. The van der Waals surface area contributed by atoms with E-state index in [9.17, 15) is 19.2 Å². The number of nitrogens with zero attached hydrogens (tertiary/aromatic N) is 3. The lowest BCUT2D eigenvalue weighted by atomic mass is 10.0. The van der Waals surface area contributed by atoms with Crippen molar-refractivity contribution in [1.29, 1.82) is 0 Å². The first-order valence-electron chi connectivity index (χ1n) is 9.37. The number of imide groups is 1. The number of aryl methyl sites for hydroxylation is 2. The highest BCUT2D eigenvalue weighted by Crippen LogP contribution is 2.26. The molecule has 2 aromatic carbocycles. The van der Waals surface area contributed by atoms with Crippen LogP contribution < -0.4 is 11.0 Å². The van der Waals surface area contributed by atoms with Crippen molar-refractivity contribution in [2.24, 2.45) is 0 Å². The Kier molecular flexibility index (Phi) is 5.77. The van der Waals surface area contributed by atoms with Crippen molar-refractivity contribution in [3.8, 4) is 11.3 Å². The molecule has 0 aliphatic heterocycles. The van der Waals surface area contributed by atoms with Crippen LogP contribution in [0.3, 0.4) is 0 Å². The fourth-order valence-corrected chi connectivity index (χ4v) is 3.12. The maximum Gasteiger partial charge on any atom is 0.275 e. The second-order valence-electron chi connectivity index (χ2n) is 7.06. The summed E-state index contributed by atoms with van der Waals surface area (Å²) in [5.41, 5.74) is 5.36. The van der Waals surface area contributed by atoms with E-state index in [2.05, 4.69) is 10.5 Å². The van der Waals surface area contributed by atoms with Gasteiger partial charge in [0, 0.05) is 24.8 Å². The number of amides is 3. The quantitative estimate of drug-likeness (QED) is 0.672. The van der Waals surface area contributed by atoms with Gasteiger partial charge in [-0.1, -0.05) is 30.3 Å². The third-order valence-corrected chi connectivity index (χ3v) is 4.81. The Labute approximate surface area is 173 Å². The van der Waals surface area contributed by atoms with E-state index in [4.69, 9.17) is 0 Å². The molecule has 0 fully saturated rings. The standard InChI is InChI=1S/C22H22N4O4/c1-13-9-10-17(11-14(13)2)21-18-7-5-6-8-19(18)22(30)25(24-21)12-20(29)23-26(15(3)27)16(4)28/h5-11H,12H2,1-4H3,(H,23,29). The zero-order valence-electron chi connectivity index (χ0n) is 17.2. The van der Waals surface area contributed by atoms with Crippen LogP contribution in [0.15, 0.2) is 47.3 Å². The lowest BCUT2D eigenvalue weighted by Crippen LogP contribution is -2.49. The minimum Gasteiger partial charge on any atom is -0.273 e. The fourth-order valence-electron chi connectivity index (χ4n) is 3.12. The number of carbonyl (C=O) groups is 3. The van der Waals surface area contributed by atoms with Gasteiger partial charge in [0.15, 0.2) is 0 Å². The molecule has 0 unspecified atom stereocenters. The van der Waals surface area contributed by atoms with Crippen molar-refractivity contribution in [3.05, 3.63) is 63.9 Å². The summed E-state index contributed by atoms with van der Waals surface area (Å²) >= 11 is 0. The highest BCUT2D eigenvalue weighted by atomic mass is 16.2. The van der Waals surface area contributed by atoms with Crippen LogP contribution in [0, 0.1) is 13.8 Å². The van der Waals surface area contributed by atoms with Gasteiger partial charge in [0.1, 0.15) is 6.54 Å². The van der Waals surface area contributed by atoms with Crippen LogP contribution in [0.25, 0.3) is 22.0 Å². The second-order valence-corrected chi connectivity index (χ2v) is 7.06. The minimum atomic E-state index is -0.712. The second kappa shape index (κ2) is 8.28. The molecule has 0 atom stereocenters. The van der Waals surface area contributed by atoms with Crippen molar-refractivity contribution < 1.29 is 14.4 Å². The van der Waals surface area contributed by atoms with Gasteiger partial charge in [-0.05, 0) is 37.1 Å². The zero-order valence-corrected chi connectivity index (χ0v) is 17.2. The molecular weight excluding hydrogens is 384 g/mol. The molecule has 1 heterocycles. The molecule has 3 aromatic rings. The topological polar surface area (TPSA) is 101 Å². The van der Waals surface area contributed by atoms with Crippen LogP contribution in [0.2, 0.25) is 0 Å². The average Bonchev–Trinajstić information content (AvgIpc) is 2.70. The molecule has 3 rings (SSSR count). The van der Waals surface area contributed by atoms with E-state index in [1.807, 2.05) is 44.2 Å². The van der Waals surface area contributed by atoms with E-state index < -0.39 is 29.8 Å². The van der Waals surface area contributed by atoms with Gasteiger partial charge < -0.3 is 0 Å². The lowest BCUT2D eigenvalue weighted by molar-refractivity contribution is -0.151. The number of hydrogen-bond donors (Lipinski definition) is 1. The lowest BCUT2D eigenvalue weighted by Gasteiger charge is -2.18. The normalized spacial score (nSPS) is 10.7. The highest BCUT2D eigenvalue weighted by Gasteiger charge is 2.19. The summed E-state index contributed by atoms with van der Waals surface area (Å²) in [6, 6.07) is 12.9. The maximum atomic E-state index is 12.9. The Morgan fingerprint density at radius 1 is 0.967 bits per heavy atom. The number of carbonyl (C=O) groups excluding carboxylic acids is 3. The predicted molar refractivity (Wildman–Crippen MR) is 112 cm³/mol. The first kappa shape index (κ1) is 20.9. The Morgan fingerprint density at radius 2 is 1.60 bits per heavy atom. The molecule has 0 bridgehead atoms. The summed E-state index contributed by atoms with van der Waals surface area (Å²) in [7, 11) is 0. The van der Waals surface area contributed by atoms with Gasteiger partial charge in [-0.3, -0.25) is 24.6 Å². The van der Waals surface area contributed by atoms with Crippen LogP contribution in [-0.4, -0.2) is 32.5 Å². The molecule has 0 aliphatic rings. The monoisotopic (exact) mass is 406 g/mol. The summed E-state index contributed by atoms with van der Waals surface area (Å²) in [6.45, 7) is 5.85. The first-order chi connectivity index (χ1) is 14.2. The van der Waals surface area contributed by atoms with Crippen LogP contribution in [0.1, 0.15) is 25.0 Å². The van der Waals surface area contributed by atoms with E-state index in [1.54, 1.807) is 12.1 Å². The predicted octanol–water partition coefficient (Wildman–Crippen LogP) is 2.11. The van der Waals surface area contributed by atoms with Gasteiger partial charge >= 0.3 is 0 Å². The van der Waals surface area contributed by atoms with Gasteiger partial charge in [-0.2, -0.15) is 10.1 Å². The molecular formula is C22H22N4O4. The van der Waals surface area contributed by atoms with Gasteiger partial charge in [0.2, 0.25) is 11.8 Å². The van der Waals surface area contributed by atoms with E-state index in [1.165, 1.54) is 0 Å². The fraction of sp³-hybridized carbons (Fsp3) is 0.227. The van der Waals surface area contributed by atoms with Crippen molar-refractivity contribution in [2.45, 2.75) is 34.2 Å². The minimum absolute atomic E-state index is 0.420. The summed E-state index contributed by atoms with van der Waals surface area (Å²) < 4.78 is 1.04. The SMILES string of the molecule is CC(=O)N(NC(=O)Cn1nc(-c2ccc(C)c(C)c2)c2ccccc2c1=O)C(C)=O. The van der Waals surface area contributed by atoms with Gasteiger partial charge in [-0.25, -0.2) is 4.68 Å². The average molecular weight is 406 g/mol. The summed E-state index contributed by atoms with van der Waals surface area (Å²) in [4.78, 5) is 48.3. The Balaban J connectivity index is 2.07. The molecule has 0 radical (unpaired) electrons. The molecule has 0 spiro atoms. The number of hydrogen-bond acceptors (Lipinski definition) is 5. The molecule has 0 aliphatic carbocycles. The highest BCUT2D eigenvalue weighted by molar-refractivity contribution is 5.96. The van der Waals surface area contributed by atoms with Crippen molar-refractivity contribution in [3.63, 3.8) is 0 Å². The van der Waals surface area contributed by atoms with E-state index in [-0.39, 0.29) is 0 Å². The zero-order chi connectivity index (χ0) is 22.0. The summed E-state index contributed by atoms with van der Waals surface area (Å²) in [5, 5.41) is 6.13. The number of hydrazine groups is 1.